The number of nitrogens with one attached hydrogen (secondary N) is 1. The van der Waals surface area contributed by atoms with E-state index in [9.17, 15) is 4.79 Å². The second-order valence-corrected chi connectivity index (χ2v) is 3.87. The van der Waals surface area contributed by atoms with E-state index in [0.29, 0.717) is 12.2 Å². The standard InChI is InChI=1S/C12H15NO/c1-9-4-6-10(7-5-9)12-11(14)3-2-8-13-12/h4-7,12-13H,2-3,8H2,1H3. The number of hydrogen-bond acceptors (Lipinski definition) is 2. The predicted octanol–water partition coefficient (Wildman–Crippen LogP) is 1.99. The number of ketones is 1. The smallest absolute Gasteiger partial charge is 0.154 e. The molecule has 1 unspecified atom stereocenters. The predicted molar refractivity (Wildman–Crippen MR) is 56.2 cm³/mol. The number of aryl methyl sites for hydroxylation is 1. The van der Waals surface area contributed by atoms with Crippen LogP contribution >= 0.6 is 0 Å². The quantitative estimate of drug-likeness (QED) is 0.732. The Kier molecular flexibility index (Phi) is 2.64. The van der Waals surface area contributed by atoms with Crippen LogP contribution in [0.25, 0.3) is 0 Å². The third-order valence-electron chi connectivity index (χ3n) is 2.68. The van der Waals surface area contributed by atoms with Crippen molar-refractivity contribution in [2.75, 3.05) is 6.54 Å². The number of carbonyl (C=O) groups excluding carboxylic acids is 1. The summed E-state index contributed by atoms with van der Waals surface area (Å²) in [5.74, 6) is 0.320. The maximum atomic E-state index is 11.6. The molecule has 1 N–H and O–H groups in total. The molecule has 0 saturated carbocycles. The molecule has 0 spiro atoms. The lowest BCUT2D eigenvalue weighted by Gasteiger charge is -2.22. The van der Waals surface area contributed by atoms with E-state index >= 15 is 0 Å². The molecule has 14 heavy (non-hydrogen) atoms. The van der Waals surface area contributed by atoms with Crippen molar-refractivity contribution in [1.29, 1.82) is 0 Å². The molecule has 1 atom stereocenters. The van der Waals surface area contributed by atoms with Crippen LogP contribution in [0, 0.1) is 6.92 Å². The summed E-state index contributed by atoms with van der Waals surface area (Å²) < 4.78 is 0. The maximum absolute atomic E-state index is 11.6. The zero-order valence-corrected chi connectivity index (χ0v) is 8.42. The molecule has 0 bridgehead atoms. The fourth-order valence-corrected chi connectivity index (χ4v) is 1.83. The van der Waals surface area contributed by atoms with Gasteiger partial charge < -0.3 is 5.32 Å². The molecule has 0 aromatic heterocycles. The van der Waals surface area contributed by atoms with Gasteiger partial charge in [-0.2, -0.15) is 0 Å². The first-order chi connectivity index (χ1) is 6.77. The Balaban J connectivity index is 2.20. The van der Waals surface area contributed by atoms with Crippen LogP contribution in [-0.4, -0.2) is 12.3 Å². The molecule has 1 heterocycles. The molecule has 1 saturated heterocycles. The normalized spacial score (nSPS) is 22.4. The lowest BCUT2D eigenvalue weighted by atomic mass is 9.96. The van der Waals surface area contributed by atoms with Gasteiger partial charge in [-0.3, -0.25) is 4.79 Å². The Morgan fingerprint density at radius 3 is 2.64 bits per heavy atom. The van der Waals surface area contributed by atoms with Crippen LogP contribution in [0.15, 0.2) is 24.3 Å². The van der Waals surface area contributed by atoms with Crippen molar-refractivity contribution in [1.82, 2.24) is 5.32 Å². The topological polar surface area (TPSA) is 29.1 Å². The van der Waals surface area contributed by atoms with E-state index < -0.39 is 0 Å². The lowest BCUT2D eigenvalue weighted by molar-refractivity contribution is -0.122. The minimum Gasteiger partial charge on any atom is -0.304 e. The van der Waals surface area contributed by atoms with Crippen molar-refractivity contribution in [3.63, 3.8) is 0 Å². The largest absolute Gasteiger partial charge is 0.304 e. The van der Waals surface area contributed by atoms with Crippen molar-refractivity contribution in [2.24, 2.45) is 0 Å². The molecule has 2 rings (SSSR count). The minimum absolute atomic E-state index is 0.0654. The Bertz CT molecular complexity index is 329. The van der Waals surface area contributed by atoms with Gasteiger partial charge >= 0.3 is 0 Å². The van der Waals surface area contributed by atoms with Crippen molar-refractivity contribution >= 4 is 5.78 Å². The van der Waals surface area contributed by atoms with Crippen LogP contribution in [0.2, 0.25) is 0 Å². The summed E-state index contributed by atoms with van der Waals surface area (Å²) in [6, 6.07) is 8.12. The Morgan fingerprint density at radius 2 is 2.00 bits per heavy atom. The summed E-state index contributed by atoms with van der Waals surface area (Å²) in [6.45, 7) is 3.00. The molecule has 2 heteroatoms. The summed E-state index contributed by atoms with van der Waals surface area (Å²) in [5, 5.41) is 3.26. The Labute approximate surface area is 84.3 Å². The van der Waals surface area contributed by atoms with Crippen LogP contribution in [0.5, 0.6) is 0 Å². The average Bonchev–Trinajstić information content (AvgIpc) is 2.20. The highest BCUT2D eigenvalue weighted by molar-refractivity contribution is 5.85. The van der Waals surface area contributed by atoms with Gasteiger partial charge in [0, 0.05) is 6.42 Å². The van der Waals surface area contributed by atoms with Crippen LogP contribution in [-0.2, 0) is 4.79 Å². The highest BCUT2D eigenvalue weighted by atomic mass is 16.1. The number of rotatable bonds is 1. The molecule has 1 aromatic rings. The van der Waals surface area contributed by atoms with Crippen LogP contribution < -0.4 is 5.32 Å². The van der Waals surface area contributed by atoms with Crippen molar-refractivity contribution in [3.05, 3.63) is 35.4 Å². The Morgan fingerprint density at radius 1 is 1.29 bits per heavy atom. The van der Waals surface area contributed by atoms with Gasteiger partial charge in [0.2, 0.25) is 0 Å². The maximum Gasteiger partial charge on any atom is 0.154 e. The van der Waals surface area contributed by atoms with Gasteiger partial charge in [0.05, 0.1) is 6.04 Å². The number of benzene rings is 1. The minimum atomic E-state index is -0.0654. The highest BCUT2D eigenvalue weighted by Crippen LogP contribution is 2.19. The molecule has 2 nitrogen and oxygen atoms in total. The first-order valence-electron chi connectivity index (χ1n) is 5.10. The average molecular weight is 189 g/mol. The van der Waals surface area contributed by atoms with Crippen molar-refractivity contribution in [3.8, 4) is 0 Å². The highest BCUT2D eigenvalue weighted by Gasteiger charge is 2.22. The van der Waals surface area contributed by atoms with Gasteiger partial charge in [0.25, 0.3) is 0 Å². The molecular formula is C12H15NO. The van der Waals surface area contributed by atoms with Gasteiger partial charge in [-0.1, -0.05) is 29.8 Å². The number of piperidine rings is 1. The first kappa shape index (κ1) is 9.41. The fourth-order valence-electron chi connectivity index (χ4n) is 1.83. The number of Topliss-reactive ketones (excluding diaryl/α,β-unsaturated/α-hetero) is 1. The third-order valence-corrected chi connectivity index (χ3v) is 2.68. The van der Waals surface area contributed by atoms with Crippen LogP contribution in [0.3, 0.4) is 0 Å². The fraction of sp³-hybridized carbons (Fsp3) is 0.417. The molecule has 0 radical (unpaired) electrons. The first-order valence-corrected chi connectivity index (χ1v) is 5.10. The van der Waals surface area contributed by atoms with Gasteiger partial charge in [-0.05, 0) is 25.5 Å². The van der Waals surface area contributed by atoms with Crippen molar-refractivity contribution in [2.45, 2.75) is 25.8 Å². The van der Waals surface area contributed by atoms with Crippen molar-refractivity contribution < 1.29 is 4.79 Å². The Hall–Kier alpha value is -1.15. The van der Waals surface area contributed by atoms with Crippen LogP contribution in [0.4, 0.5) is 0 Å². The summed E-state index contributed by atoms with van der Waals surface area (Å²) in [4.78, 5) is 11.6. The van der Waals surface area contributed by atoms with E-state index in [2.05, 4.69) is 24.4 Å². The van der Waals surface area contributed by atoms with Gasteiger partial charge in [-0.15, -0.1) is 0 Å². The van der Waals surface area contributed by atoms with Gasteiger partial charge in [0.1, 0.15) is 0 Å². The lowest BCUT2D eigenvalue weighted by Crippen LogP contribution is -2.34. The van der Waals surface area contributed by atoms with E-state index in [-0.39, 0.29) is 6.04 Å². The molecule has 1 aliphatic heterocycles. The summed E-state index contributed by atoms with van der Waals surface area (Å²) in [6.07, 6.45) is 1.69. The van der Waals surface area contributed by atoms with E-state index in [0.717, 1.165) is 18.5 Å². The van der Waals surface area contributed by atoms with Gasteiger partial charge in [-0.25, -0.2) is 0 Å². The van der Waals surface area contributed by atoms with E-state index in [1.807, 2.05) is 12.1 Å². The third kappa shape index (κ3) is 1.85. The molecule has 0 amide bonds. The second-order valence-electron chi connectivity index (χ2n) is 3.87. The van der Waals surface area contributed by atoms with Gasteiger partial charge in [0.15, 0.2) is 5.78 Å². The van der Waals surface area contributed by atoms with E-state index in [1.54, 1.807) is 0 Å². The summed E-state index contributed by atoms with van der Waals surface area (Å²) >= 11 is 0. The molecular weight excluding hydrogens is 174 g/mol. The molecule has 1 fully saturated rings. The SMILES string of the molecule is Cc1ccc(C2NCCCC2=O)cc1. The number of hydrogen-bond donors (Lipinski definition) is 1. The molecule has 1 aromatic carbocycles. The van der Waals surface area contributed by atoms with Crippen LogP contribution in [0.1, 0.15) is 30.0 Å². The summed E-state index contributed by atoms with van der Waals surface area (Å²) in [5.41, 5.74) is 2.33. The monoisotopic (exact) mass is 189 g/mol. The second kappa shape index (κ2) is 3.93. The van der Waals surface area contributed by atoms with E-state index in [1.165, 1.54) is 5.56 Å². The summed E-state index contributed by atoms with van der Waals surface area (Å²) in [7, 11) is 0. The van der Waals surface area contributed by atoms with E-state index in [4.69, 9.17) is 0 Å². The zero-order valence-electron chi connectivity index (χ0n) is 8.42. The molecule has 1 aliphatic rings. The zero-order chi connectivity index (χ0) is 9.97. The molecule has 0 aliphatic carbocycles. The number of carbonyl (C=O) groups is 1. The molecule has 74 valence electrons.